The van der Waals surface area contributed by atoms with Crippen molar-refractivity contribution in [1.29, 1.82) is 0 Å². The third-order valence-corrected chi connectivity index (χ3v) is 6.13. The van der Waals surface area contributed by atoms with Gasteiger partial charge in [-0.15, -0.1) is 0 Å². The highest BCUT2D eigenvalue weighted by atomic mass is 19.4. The third kappa shape index (κ3) is 4.01. The smallest absolute Gasteiger partial charge is 0.341 e. The monoisotopic (exact) mass is 460 g/mol. The number of hydrogen-bond acceptors (Lipinski definition) is 3. The minimum absolute atomic E-state index is 0.000241. The molecule has 0 aliphatic carbocycles. The lowest BCUT2D eigenvalue weighted by molar-refractivity contribution is -0.161. The molecule has 0 atom stereocenters. The molecule has 4 amide bonds. The number of nitrogens with zero attached hydrogens (tertiary/aromatic N) is 3. The molecule has 2 aliphatic rings. The first-order valence-electron chi connectivity index (χ1n) is 10.4. The lowest BCUT2D eigenvalue weighted by Crippen LogP contribution is -2.81. The van der Waals surface area contributed by atoms with E-state index >= 15 is 0 Å². The number of rotatable bonds is 3. The normalized spacial score (nSPS) is 17.9. The van der Waals surface area contributed by atoms with Crippen molar-refractivity contribution in [1.82, 2.24) is 15.1 Å². The molecule has 33 heavy (non-hydrogen) atoms. The van der Waals surface area contributed by atoms with E-state index in [-0.39, 0.29) is 44.0 Å². The molecule has 1 N–H and O–H groups in total. The Labute approximate surface area is 188 Å². The van der Waals surface area contributed by atoms with Gasteiger partial charge in [0.25, 0.3) is 5.91 Å². The van der Waals surface area contributed by atoms with Crippen LogP contribution in [0.2, 0.25) is 0 Å². The van der Waals surface area contributed by atoms with Gasteiger partial charge in [-0.3, -0.25) is 9.59 Å². The second-order valence-corrected chi connectivity index (χ2v) is 8.34. The van der Waals surface area contributed by atoms with Crippen LogP contribution in [-0.4, -0.2) is 59.9 Å². The maximum atomic E-state index is 13.6. The molecule has 2 saturated heterocycles. The summed E-state index contributed by atoms with van der Waals surface area (Å²) in [4.78, 5) is 43.1. The summed E-state index contributed by atoms with van der Waals surface area (Å²) < 4.78 is 38.7. The summed E-state index contributed by atoms with van der Waals surface area (Å²) in [6.45, 7) is 1.68. The Morgan fingerprint density at radius 1 is 1.03 bits per heavy atom. The Bertz CT molecular complexity index is 1080. The molecule has 10 heteroatoms. The first-order valence-corrected chi connectivity index (χ1v) is 10.4. The number of halogens is 3. The summed E-state index contributed by atoms with van der Waals surface area (Å²) in [5.41, 5.74) is -0.0312. The van der Waals surface area contributed by atoms with E-state index in [0.717, 1.165) is 17.7 Å². The third-order valence-electron chi connectivity index (χ3n) is 6.13. The summed E-state index contributed by atoms with van der Waals surface area (Å²) in [5, 5.41) is 2.50. The van der Waals surface area contributed by atoms with Crippen molar-refractivity contribution in [2.75, 3.05) is 31.6 Å². The Kier molecular flexibility index (Phi) is 5.55. The average molecular weight is 460 g/mol. The lowest BCUT2D eigenvalue weighted by atomic mass is 9.83. The molecule has 2 aromatic rings. The number of piperazine rings is 1. The van der Waals surface area contributed by atoms with Gasteiger partial charge in [0, 0.05) is 19.3 Å². The van der Waals surface area contributed by atoms with Gasteiger partial charge in [0.15, 0.2) is 5.54 Å². The number of likely N-dealkylation sites (tertiary alicyclic amines) is 1. The molecule has 2 heterocycles. The number of anilines is 1. The van der Waals surface area contributed by atoms with E-state index in [0.29, 0.717) is 11.3 Å². The Morgan fingerprint density at radius 3 is 2.18 bits per heavy atom. The molecule has 0 saturated carbocycles. The zero-order valence-corrected chi connectivity index (χ0v) is 18.1. The van der Waals surface area contributed by atoms with Gasteiger partial charge in [0.2, 0.25) is 5.91 Å². The second kappa shape index (κ2) is 8.09. The molecule has 0 bridgehead atoms. The van der Waals surface area contributed by atoms with Crippen LogP contribution in [0.5, 0.6) is 0 Å². The number of carbonyl (C=O) groups excluding carboxylic acids is 3. The van der Waals surface area contributed by atoms with Gasteiger partial charge in [-0.2, -0.15) is 13.2 Å². The molecule has 2 fully saturated rings. The molecule has 174 valence electrons. The van der Waals surface area contributed by atoms with E-state index in [4.69, 9.17) is 0 Å². The number of urea groups is 1. The molecular weight excluding hydrogens is 437 g/mol. The van der Waals surface area contributed by atoms with E-state index in [1.807, 2.05) is 19.1 Å². The zero-order valence-electron chi connectivity index (χ0n) is 18.1. The Balaban J connectivity index is 1.64. The van der Waals surface area contributed by atoms with Gasteiger partial charge in [0.05, 0.1) is 18.7 Å². The van der Waals surface area contributed by atoms with Gasteiger partial charge in [-0.1, -0.05) is 29.8 Å². The number of hydrogen-bond donors (Lipinski definition) is 1. The van der Waals surface area contributed by atoms with Crippen molar-refractivity contribution >= 4 is 23.5 Å². The predicted octanol–water partition coefficient (Wildman–Crippen LogP) is 2.78. The molecule has 0 radical (unpaired) electrons. The van der Waals surface area contributed by atoms with Crippen LogP contribution in [0.4, 0.5) is 23.7 Å². The van der Waals surface area contributed by atoms with Crippen LogP contribution in [0.1, 0.15) is 16.7 Å². The largest absolute Gasteiger partial charge is 0.416 e. The fourth-order valence-corrected chi connectivity index (χ4v) is 4.25. The van der Waals surface area contributed by atoms with E-state index in [1.54, 1.807) is 12.1 Å². The van der Waals surface area contributed by atoms with Crippen LogP contribution >= 0.6 is 0 Å². The minimum Gasteiger partial charge on any atom is -0.341 e. The van der Waals surface area contributed by atoms with Crippen molar-refractivity contribution < 1.29 is 27.6 Å². The average Bonchev–Trinajstić information content (AvgIpc) is 2.75. The number of carbonyl (C=O) groups is 3. The second-order valence-electron chi connectivity index (χ2n) is 8.34. The molecule has 7 nitrogen and oxygen atoms in total. The number of aryl methyl sites for hydroxylation is 1. The molecule has 0 aromatic heterocycles. The number of alkyl halides is 3. The van der Waals surface area contributed by atoms with Gasteiger partial charge >= 0.3 is 12.2 Å². The van der Waals surface area contributed by atoms with Crippen LogP contribution in [0, 0.1) is 6.92 Å². The maximum Gasteiger partial charge on any atom is 0.416 e. The van der Waals surface area contributed by atoms with Crippen molar-refractivity contribution in [2.24, 2.45) is 0 Å². The van der Waals surface area contributed by atoms with Crippen LogP contribution < -0.4 is 10.2 Å². The van der Waals surface area contributed by atoms with Gasteiger partial charge in [-0.05, 0) is 36.8 Å². The van der Waals surface area contributed by atoms with Gasteiger partial charge in [0.1, 0.15) is 6.54 Å². The lowest BCUT2D eigenvalue weighted by Gasteiger charge is -2.57. The topological polar surface area (TPSA) is 73.0 Å². The molecule has 2 aromatic carbocycles. The van der Waals surface area contributed by atoms with Crippen molar-refractivity contribution in [3.63, 3.8) is 0 Å². The molecule has 2 aliphatic heterocycles. The fourth-order valence-electron chi connectivity index (χ4n) is 4.25. The number of amides is 4. The van der Waals surface area contributed by atoms with E-state index in [2.05, 4.69) is 5.32 Å². The quantitative estimate of drug-likeness (QED) is 0.766. The molecule has 4 rings (SSSR count). The van der Waals surface area contributed by atoms with Gasteiger partial charge in [-0.25, -0.2) is 4.79 Å². The standard InChI is InChI=1S/C23H23F3N4O3/c1-15-3-9-18(10-4-15)29-12-19(31)30(11-16-5-7-17(8-6-16)23(24,25)26)22(20(29)32)13-28(14-22)21(33)27-2/h3-10H,11-14H2,1-2H3,(H,27,33). The first kappa shape index (κ1) is 22.6. The molecular formula is C23H23F3N4O3. The highest BCUT2D eigenvalue weighted by Crippen LogP contribution is 2.37. The van der Waals surface area contributed by atoms with Crippen molar-refractivity contribution in [3.8, 4) is 0 Å². The van der Waals surface area contributed by atoms with E-state index in [9.17, 15) is 27.6 Å². The maximum absolute atomic E-state index is 13.6. The highest BCUT2D eigenvalue weighted by molar-refractivity contribution is 6.10. The summed E-state index contributed by atoms with van der Waals surface area (Å²) in [5.74, 6) is -0.662. The summed E-state index contributed by atoms with van der Waals surface area (Å²) >= 11 is 0. The molecule has 0 unspecified atom stereocenters. The zero-order chi connectivity index (χ0) is 24.0. The predicted molar refractivity (Wildman–Crippen MR) is 114 cm³/mol. The number of nitrogens with one attached hydrogen (secondary N) is 1. The van der Waals surface area contributed by atoms with Crippen molar-refractivity contribution in [2.45, 2.75) is 25.2 Å². The summed E-state index contributed by atoms with van der Waals surface area (Å²) in [6, 6.07) is 11.3. The number of benzene rings is 2. The Hall–Kier alpha value is -3.56. The van der Waals surface area contributed by atoms with E-state index in [1.165, 1.54) is 33.9 Å². The van der Waals surface area contributed by atoms with Crippen LogP contribution in [-0.2, 0) is 22.3 Å². The van der Waals surface area contributed by atoms with Crippen LogP contribution in [0.3, 0.4) is 0 Å². The fraction of sp³-hybridized carbons (Fsp3) is 0.348. The van der Waals surface area contributed by atoms with Gasteiger partial charge < -0.3 is 20.0 Å². The van der Waals surface area contributed by atoms with Crippen molar-refractivity contribution in [3.05, 3.63) is 65.2 Å². The minimum atomic E-state index is -4.47. The summed E-state index contributed by atoms with van der Waals surface area (Å²) in [7, 11) is 1.47. The van der Waals surface area contributed by atoms with Crippen LogP contribution in [0.25, 0.3) is 0 Å². The Morgan fingerprint density at radius 2 is 1.64 bits per heavy atom. The molecule has 1 spiro atoms. The highest BCUT2D eigenvalue weighted by Gasteiger charge is 2.60. The SMILES string of the molecule is CNC(=O)N1CC2(C1)C(=O)N(c1ccc(C)cc1)CC(=O)N2Cc1ccc(C(F)(F)F)cc1. The first-order chi connectivity index (χ1) is 15.5. The summed E-state index contributed by atoms with van der Waals surface area (Å²) in [6.07, 6.45) is -4.47. The van der Waals surface area contributed by atoms with E-state index < -0.39 is 17.3 Å². The van der Waals surface area contributed by atoms with Crippen LogP contribution in [0.15, 0.2) is 48.5 Å².